The first kappa shape index (κ1) is 21.0. The summed E-state index contributed by atoms with van der Waals surface area (Å²) in [5.74, 6) is 0. The van der Waals surface area contributed by atoms with E-state index < -0.39 is 0 Å². The Balaban J connectivity index is 1.67. The van der Waals surface area contributed by atoms with Gasteiger partial charge in [-0.15, -0.1) is 0 Å². The van der Waals surface area contributed by atoms with E-state index in [4.69, 9.17) is 4.74 Å². The topological polar surface area (TPSA) is 21.3 Å². The molecule has 0 aromatic carbocycles. The highest BCUT2D eigenvalue weighted by Crippen LogP contribution is 2.14. The van der Waals surface area contributed by atoms with Crippen molar-refractivity contribution in [1.29, 1.82) is 0 Å². The van der Waals surface area contributed by atoms with Crippen LogP contribution >= 0.6 is 0 Å². The number of hydrogen-bond donors (Lipinski definition) is 1. The smallest absolute Gasteiger partial charge is 0.0700 e. The van der Waals surface area contributed by atoms with Crippen LogP contribution in [0.4, 0.5) is 0 Å². The standard InChI is InChI=1S/C21H43NO/c1-2-3-4-5-6-7-8-9-10-11-12-13-14-15-16-17-21-20-22-18-19-23-21/h21-22H,2-20H2,1H3. The van der Waals surface area contributed by atoms with Gasteiger partial charge in [-0.2, -0.15) is 0 Å². The highest BCUT2D eigenvalue weighted by molar-refractivity contribution is 4.66. The van der Waals surface area contributed by atoms with Crippen LogP contribution in [0, 0.1) is 0 Å². The summed E-state index contributed by atoms with van der Waals surface area (Å²) >= 11 is 0. The van der Waals surface area contributed by atoms with Gasteiger partial charge in [0.25, 0.3) is 0 Å². The molecule has 0 saturated carbocycles. The van der Waals surface area contributed by atoms with Gasteiger partial charge in [0, 0.05) is 13.1 Å². The number of rotatable bonds is 16. The Hall–Kier alpha value is -0.0800. The van der Waals surface area contributed by atoms with E-state index in [0.29, 0.717) is 6.10 Å². The number of morpholine rings is 1. The second-order valence-corrected chi connectivity index (χ2v) is 7.44. The van der Waals surface area contributed by atoms with E-state index >= 15 is 0 Å². The Morgan fingerprint density at radius 3 is 1.61 bits per heavy atom. The van der Waals surface area contributed by atoms with Gasteiger partial charge in [-0.05, 0) is 6.42 Å². The highest BCUT2D eigenvalue weighted by Gasteiger charge is 2.11. The largest absolute Gasteiger partial charge is 0.376 e. The first-order valence-electron chi connectivity index (χ1n) is 10.8. The zero-order valence-corrected chi connectivity index (χ0v) is 15.9. The van der Waals surface area contributed by atoms with Gasteiger partial charge in [-0.25, -0.2) is 0 Å². The third-order valence-electron chi connectivity index (χ3n) is 5.13. The second-order valence-electron chi connectivity index (χ2n) is 7.44. The predicted molar refractivity (Wildman–Crippen MR) is 102 cm³/mol. The van der Waals surface area contributed by atoms with E-state index in [1.807, 2.05) is 0 Å². The van der Waals surface area contributed by atoms with E-state index in [1.165, 1.54) is 103 Å². The predicted octanol–water partition coefficient (Wildman–Crippen LogP) is 6.24. The van der Waals surface area contributed by atoms with Crippen molar-refractivity contribution < 1.29 is 4.74 Å². The van der Waals surface area contributed by atoms with Gasteiger partial charge in [0.2, 0.25) is 0 Å². The molecule has 2 heteroatoms. The van der Waals surface area contributed by atoms with Crippen molar-refractivity contribution in [2.75, 3.05) is 19.7 Å². The quantitative estimate of drug-likeness (QED) is 0.339. The lowest BCUT2D eigenvalue weighted by Crippen LogP contribution is -2.38. The average Bonchev–Trinajstić information content (AvgIpc) is 2.59. The Bertz CT molecular complexity index is 226. The van der Waals surface area contributed by atoms with Gasteiger partial charge >= 0.3 is 0 Å². The molecule has 23 heavy (non-hydrogen) atoms. The fourth-order valence-corrected chi connectivity index (χ4v) is 3.55. The van der Waals surface area contributed by atoms with Crippen molar-refractivity contribution >= 4 is 0 Å². The van der Waals surface area contributed by atoms with Crippen LogP contribution in [0.2, 0.25) is 0 Å². The monoisotopic (exact) mass is 325 g/mol. The average molecular weight is 326 g/mol. The lowest BCUT2D eigenvalue weighted by Gasteiger charge is -2.23. The highest BCUT2D eigenvalue weighted by atomic mass is 16.5. The summed E-state index contributed by atoms with van der Waals surface area (Å²) in [4.78, 5) is 0. The van der Waals surface area contributed by atoms with Crippen molar-refractivity contribution in [1.82, 2.24) is 5.32 Å². The molecule has 1 aliphatic rings. The molecule has 1 saturated heterocycles. The number of hydrogen-bond acceptors (Lipinski definition) is 2. The third-order valence-corrected chi connectivity index (χ3v) is 5.13. The van der Waals surface area contributed by atoms with Crippen LogP contribution < -0.4 is 5.32 Å². The minimum atomic E-state index is 0.491. The summed E-state index contributed by atoms with van der Waals surface area (Å²) in [6.07, 6.45) is 23.4. The maximum absolute atomic E-state index is 5.73. The molecule has 1 rings (SSSR count). The summed E-state index contributed by atoms with van der Waals surface area (Å²) in [6, 6.07) is 0. The molecule has 1 aliphatic heterocycles. The van der Waals surface area contributed by atoms with Crippen LogP contribution in [0.1, 0.15) is 110 Å². The van der Waals surface area contributed by atoms with E-state index in [9.17, 15) is 0 Å². The van der Waals surface area contributed by atoms with Gasteiger partial charge in [-0.1, -0.05) is 103 Å². The molecule has 1 fully saturated rings. The van der Waals surface area contributed by atoms with Crippen molar-refractivity contribution in [2.24, 2.45) is 0 Å². The normalized spacial score (nSPS) is 18.4. The SMILES string of the molecule is CCCCCCCCCCCCCCCCCC1CNCCO1. The number of unbranched alkanes of at least 4 members (excludes halogenated alkanes) is 14. The van der Waals surface area contributed by atoms with Gasteiger partial charge in [0.1, 0.15) is 0 Å². The zero-order chi connectivity index (χ0) is 16.4. The Kier molecular flexibility index (Phi) is 15.3. The zero-order valence-electron chi connectivity index (χ0n) is 15.9. The van der Waals surface area contributed by atoms with Gasteiger partial charge < -0.3 is 10.1 Å². The molecule has 2 nitrogen and oxygen atoms in total. The molecule has 1 heterocycles. The van der Waals surface area contributed by atoms with Gasteiger partial charge in [0.15, 0.2) is 0 Å². The third kappa shape index (κ3) is 14.0. The van der Waals surface area contributed by atoms with Crippen LogP contribution in [0.3, 0.4) is 0 Å². The molecular formula is C21H43NO. The van der Waals surface area contributed by atoms with Gasteiger partial charge in [0.05, 0.1) is 12.7 Å². The summed E-state index contributed by atoms with van der Waals surface area (Å²) in [6.45, 7) is 5.31. The minimum absolute atomic E-state index is 0.491. The Morgan fingerprint density at radius 2 is 1.17 bits per heavy atom. The van der Waals surface area contributed by atoms with Crippen molar-refractivity contribution in [3.63, 3.8) is 0 Å². The van der Waals surface area contributed by atoms with E-state index in [0.717, 1.165) is 19.7 Å². The molecular weight excluding hydrogens is 282 g/mol. The molecule has 0 radical (unpaired) electrons. The number of nitrogens with one attached hydrogen (secondary N) is 1. The van der Waals surface area contributed by atoms with Crippen molar-refractivity contribution in [2.45, 2.75) is 116 Å². The fourth-order valence-electron chi connectivity index (χ4n) is 3.55. The molecule has 0 amide bonds. The van der Waals surface area contributed by atoms with Crippen molar-refractivity contribution in [3.8, 4) is 0 Å². The minimum Gasteiger partial charge on any atom is -0.376 e. The molecule has 1 atom stereocenters. The summed E-state index contributed by atoms with van der Waals surface area (Å²) < 4.78 is 5.73. The van der Waals surface area contributed by atoms with Crippen LogP contribution in [0.15, 0.2) is 0 Å². The van der Waals surface area contributed by atoms with Crippen LogP contribution in [0.25, 0.3) is 0 Å². The van der Waals surface area contributed by atoms with E-state index in [-0.39, 0.29) is 0 Å². The molecule has 0 aromatic rings. The van der Waals surface area contributed by atoms with E-state index in [1.54, 1.807) is 0 Å². The molecule has 1 N–H and O–H groups in total. The maximum atomic E-state index is 5.73. The van der Waals surface area contributed by atoms with Crippen LogP contribution in [-0.4, -0.2) is 25.8 Å². The molecule has 0 bridgehead atoms. The first-order chi connectivity index (χ1) is 11.4. The lowest BCUT2D eigenvalue weighted by molar-refractivity contribution is 0.0220. The molecule has 1 unspecified atom stereocenters. The van der Waals surface area contributed by atoms with Crippen LogP contribution in [0.5, 0.6) is 0 Å². The van der Waals surface area contributed by atoms with Gasteiger partial charge in [-0.3, -0.25) is 0 Å². The molecule has 138 valence electrons. The Morgan fingerprint density at radius 1 is 0.696 bits per heavy atom. The summed E-state index contributed by atoms with van der Waals surface area (Å²) in [5, 5.41) is 3.41. The fraction of sp³-hybridized carbons (Fsp3) is 1.00. The molecule has 0 aromatic heterocycles. The Labute approximate surface area is 146 Å². The lowest BCUT2D eigenvalue weighted by atomic mass is 10.0. The summed E-state index contributed by atoms with van der Waals surface area (Å²) in [7, 11) is 0. The van der Waals surface area contributed by atoms with E-state index in [2.05, 4.69) is 12.2 Å². The maximum Gasteiger partial charge on any atom is 0.0700 e. The van der Waals surface area contributed by atoms with Crippen molar-refractivity contribution in [3.05, 3.63) is 0 Å². The summed E-state index contributed by atoms with van der Waals surface area (Å²) in [5.41, 5.74) is 0. The molecule has 0 aliphatic carbocycles. The second kappa shape index (κ2) is 16.8. The first-order valence-corrected chi connectivity index (χ1v) is 10.8. The van der Waals surface area contributed by atoms with Crippen LogP contribution in [-0.2, 0) is 4.74 Å². The number of ether oxygens (including phenoxy) is 1. The molecule has 0 spiro atoms.